The van der Waals surface area contributed by atoms with Crippen LogP contribution < -0.4 is 15.8 Å². The number of hydrogen-bond donors (Lipinski definition) is 3. The predicted octanol–water partition coefficient (Wildman–Crippen LogP) is 1.83. The number of anilines is 2. The molecule has 0 amide bonds. The first-order valence-corrected chi connectivity index (χ1v) is 12.0. The van der Waals surface area contributed by atoms with Crippen LogP contribution in [0, 0.1) is 0 Å². The summed E-state index contributed by atoms with van der Waals surface area (Å²) in [5.74, 6) is 0.498. The zero-order chi connectivity index (χ0) is 20.5. The number of benzene rings is 1. The van der Waals surface area contributed by atoms with E-state index in [1.165, 1.54) is 4.88 Å². The van der Waals surface area contributed by atoms with Crippen LogP contribution in [0.25, 0.3) is 11.4 Å². The molecule has 30 heavy (non-hydrogen) atoms. The lowest BCUT2D eigenvalue weighted by molar-refractivity contribution is 0.233. The highest BCUT2D eigenvalue weighted by molar-refractivity contribution is 7.89. The molecule has 0 radical (unpaired) electrons. The van der Waals surface area contributed by atoms with Crippen LogP contribution in [0.3, 0.4) is 0 Å². The highest BCUT2D eigenvalue weighted by atomic mass is 32.2. The normalized spacial score (nSPS) is 17.3. The highest BCUT2D eigenvalue weighted by Gasteiger charge is 2.24. The molecule has 5 rings (SSSR count). The quantitative estimate of drug-likeness (QED) is 0.514. The lowest BCUT2D eigenvalue weighted by Gasteiger charge is -2.26. The van der Waals surface area contributed by atoms with Crippen molar-refractivity contribution in [2.75, 3.05) is 31.5 Å². The molecule has 3 aromatic rings. The maximum Gasteiger partial charge on any atom is 0.227 e. The molecule has 1 aromatic carbocycles. The Morgan fingerprint density at radius 2 is 2.07 bits per heavy atom. The molecule has 0 spiro atoms. The fraction of sp³-hybridized carbons (Fsp3) is 0.350. The van der Waals surface area contributed by atoms with Gasteiger partial charge < -0.3 is 15.2 Å². The monoisotopic (exact) mass is 441 g/mol. The van der Waals surface area contributed by atoms with Gasteiger partial charge in [-0.2, -0.15) is 0 Å². The van der Waals surface area contributed by atoms with Crippen LogP contribution in [0.15, 0.2) is 35.4 Å². The Hall–Kier alpha value is -2.08. The van der Waals surface area contributed by atoms with Crippen molar-refractivity contribution in [3.63, 3.8) is 0 Å². The van der Waals surface area contributed by atoms with Gasteiger partial charge in [0.05, 0.1) is 23.6 Å². The van der Waals surface area contributed by atoms with Gasteiger partial charge in [-0.3, -0.25) is 4.90 Å². The number of rotatable bonds is 5. The van der Waals surface area contributed by atoms with Gasteiger partial charge in [0.2, 0.25) is 5.95 Å². The number of piperazine rings is 1. The second-order valence-corrected chi connectivity index (χ2v) is 9.66. The largest absolute Gasteiger partial charge is 0.593 e. The van der Waals surface area contributed by atoms with Crippen LogP contribution >= 0.6 is 11.3 Å². The van der Waals surface area contributed by atoms with Crippen molar-refractivity contribution in [1.29, 1.82) is 0 Å². The van der Waals surface area contributed by atoms with Crippen molar-refractivity contribution in [1.82, 2.24) is 25.2 Å². The van der Waals surface area contributed by atoms with E-state index in [0.29, 0.717) is 10.8 Å². The first-order chi connectivity index (χ1) is 14.7. The third-order valence-corrected chi connectivity index (χ3v) is 7.16. The van der Waals surface area contributed by atoms with Crippen LogP contribution in [0.1, 0.15) is 15.4 Å². The average molecular weight is 442 g/mol. The zero-order valence-electron chi connectivity index (χ0n) is 16.4. The first kappa shape index (κ1) is 19.9. The summed E-state index contributed by atoms with van der Waals surface area (Å²) >= 11 is 0.279. The summed E-state index contributed by atoms with van der Waals surface area (Å²) in [6.07, 6.45) is 3.80. The second kappa shape index (κ2) is 8.58. The third-order valence-electron chi connectivity index (χ3n) is 5.34. The minimum atomic E-state index is -1.53. The van der Waals surface area contributed by atoms with Crippen molar-refractivity contribution in [2.45, 2.75) is 24.3 Å². The Kier molecular flexibility index (Phi) is 5.68. The molecule has 0 saturated carbocycles. The molecule has 1 aliphatic heterocycles. The zero-order valence-corrected chi connectivity index (χ0v) is 18.1. The maximum absolute atomic E-state index is 11.5. The lowest BCUT2D eigenvalue weighted by Crippen LogP contribution is -2.42. The number of nitrogens with two attached hydrogens (primary N) is 1. The molecule has 1 unspecified atom stereocenters. The fourth-order valence-electron chi connectivity index (χ4n) is 3.81. The Morgan fingerprint density at radius 3 is 2.90 bits per heavy atom. The minimum absolute atomic E-state index is 0.498. The molecule has 0 bridgehead atoms. The van der Waals surface area contributed by atoms with E-state index in [9.17, 15) is 4.55 Å². The number of thiazole rings is 1. The van der Waals surface area contributed by atoms with E-state index in [2.05, 4.69) is 20.5 Å². The number of nitrogens with one attached hydrogen (secondary N) is 2. The fourth-order valence-corrected chi connectivity index (χ4v) is 5.38. The molecule has 10 heteroatoms. The third kappa shape index (κ3) is 4.20. The average Bonchev–Trinajstić information content (AvgIpc) is 3.17. The van der Waals surface area contributed by atoms with Gasteiger partial charge in [0.1, 0.15) is 10.7 Å². The van der Waals surface area contributed by atoms with Crippen molar-refractivity contribution in [3.8, 4) is 11.4 Å². The molecule has 2 aliphatic rings. The van der Waals surface area contributed by atoms with Crippen molar-refractivity contribution in [2.24, 2.45) is 5.14 Å². The standard InChI is InChI=1S/C20H23N7OS2/c21-30(28)15-3-1-2-14(10-15)24-20-23-11-13-4-5-16-19(18(13)26-20)25-17(29-16)12-27-8-6-22-7-9-27/h1-3,10-11,22H,4-9,12,21H2,(H,23,24,26). The smallest absolute Gasteiger partial charge is 0.227 e. The van der Waals surface area contributed by atoms with E-state index in [1.54, 1.807) is 23.5 Å². The molecular weight excluding hydrogens is 418 g/mol. The highest BCUT2D eigenvalue weighted by Crippen LogP contribution is 2.36. The van der Waals surface area contributed by atoms with Gasteiger partial charge in [0.25, 0.3) is 0 Å². The van der Waals surface area contributed by atoms with E-state index in [1.807, 2.05) is 18.3 Å². The van der Waals surface area contributed by atoms with E-state index in [-0.39, 0.29) is 0 Å². The molecule has 3 heterocycles. The number of nitrogens with zero attached hydrogens (tertiary/aromatic N) is 4. The van der Waals surface area contributed by atoms with E-state index in [0.717, 1.165) is 73.2 Å². The van der Waals surface area contributed by atoms with Gasteiger partial charge in [-0.25, -0.2) is 15.0 Å². The van der Waals surface area contributed by atoms with Gasteiger partial charge in [-0.1, -0.05) is 6.07 Å². The summed E-state index contributed by atoms with van der Waals surface area (Å²) in [4.78, 5) is 18.5. The molecule has 4 N–H and O–H groups in total. The van der Waals surface area contributed by atoms with Crippen LogP contribution in [0.2, 0.25) is 0 Å². The Morgan fingerprint density at radius 1 is 1.20 bits per heavy atom. The van der Waals surface area contributed by atoms with E-state index >= 15 is 0 Å². The molecule has 1 atom stereocenters. The van der Waals surface area contributed by atoms with Crippen LogP contribution in [0.4, 0.5) is 11.6 Å². The molecule has 2 aromatic heterocycles. The molecular formula is C20H23N7OS2. The van der Waals surface area contributed by atoms with Gasteiger partial charge in [0, 0.05) is 49.0 Å². The minimum Gasteiger partial charge on any atom is -0.593 e. The summed E-state index contributed by atoms with van der Waals surface area (Å²) in [5.41, 5.74) is 3.78. The summed E-state index contributed by atoms with van der Waals surface area (Å²) in [6.45, 7) is 5.09. The van der Waals surface area contributed by atoms with Crippen LogP contribution in [-0.2, 0) is 30.7 Å². The molecule has 8 nitrogen and oxygen atoms in total. The number of fused-ring (bicyclic) bond motifs is 3. The summed E-state index contributed by atoms with van der Waals surface area (Å²) < 4.78 is 11.5. The van der Waals surface area contributed by atoms with Crippen molar-refractivity contribution >= 4 is 34.3 Å². The molecule has 1 fully saturated rings. The Balaban J connectivity index is 1.39. The van der Waals surface area contributed by atoms with Crippen LogP contribution in [-0.4, -0.2) is 50.6 Å². The number of hydrogen-bond acceptors (Lipinski definition) is 9. The van der Waals surface area contributed by atoms with Gasteiger partial charge in [-0.15, -0.1) is 16.5 Å². The lowest BCUT2D eigenvalue weighted by atomic mass is 10.00. The number of aromatic nitrogens is 3. The maximum atomic E-state index is 11.5. The summed E-state index contributed by atoms with van der Waals surface area (Å²) in [7, 11) is 0. The van der Waals surface area contributed by atoms with Gasteiger partial charge in [0.15, 0.2) is 4.90 Å². The van der Waals surface area contributed by atoms with Crippen molar-refractivity contribution < 1.29 is 4.55 Å². The first-order valence-electron chi connectivity index (χ1n) is 9.97. The van der Waals surface area contributed by atoms with E-state index in [4.69, 9.17) is 15.1 Å². The number of aryl methyl sites for hydroxylation is 2. The van der Waals surface area contributed by atoms with Crippen molar-refractivity contribution in [3.05, 3.63) is 45.9 Å². The topological polar surface area (TPSA) is 115 Å². The Bertz CT molecular complexity index is 1050. The SMILES string of the molecule is N[S+]([O-])c1cccc(Nc2ncc3c(n2)-c2nc(CN4CCNCC4)sc2CC3)c1. The molecule has 156 valence electrons. The molecule has 1 aliphatic carbocycles. The van der Waals surface area contributed by atoms with Gasteiger partial charge >= 0.3 is 0 Å². The van der Waals surface area contributed by atoms with Crippen LogP contribution in [0.5, 0.6) is 0 Å². The summed E-state index contributed by atoms with van der Waals surface area (Å²) in [6, 6.07) is 7.16. The predicted molar refractivity (Wildman–Crippen MR) is 119 cm³/mol. The van der Waals surface area contributed by atoms with Gasteiger partial charge in [-0.05, 0) is 30.5 Å². The molecule has 1 saturated heterocycles. The summed E-state index contributed by atoms with van der Waals surface area (Å²) in [5, 5.41) is 13.2. The Labute approximate surface area is 182 Å². The second-order valence-electron chi connectivity index (χ2n) is 7.42. The van der Waals surface area contributed by atoms with E-state index < -0.39 is 11.4 Å².